The van der Waals surface area contributed by atoms with Gasteiger partial charge >= 0.3 is 0 Å². The Kier molecular flexibility index (Phi) is 10.0. The van der Waals surface area contributed by atoms with E-state index in [1.54, 1.807) is 0 Å². The minimum absolute atomic E-state index is 0.0867. The van der Waals surface area contributed by atoms with Crippen molar-refractivity contribution in [1.82, 2.24) is 19.1 Å². The summed E-state index contributed by atoms with van der Waals surface area (Å²) < 4.78 is 4.50. The zero-order valence-electron chi connectivity index (χ0n) is 38.8. The number of benzene rings is 8. The zero-order chi connectivity index (χ0) is 46.0. The molecule has 1 N–H and O–H groups in total. The van der Waals surface area contributed by atoms with Crippen LogP contribution in [0.4, 0.5) is 0 Å². The Morgan fingerprint density at radius 1 is 0.418 bits per heavy atom. The molecule has 0 saturated heterocycles. The van der Waals surface area contributed by atoms with Gasteiger partial charge in [-0.2, -0.15) is 0 Å². The summed E-state index contributed by atoms with van der Waals surface area (Å²) in [6.07, 6.45) is 1.91. The van der Waals surface area contributed by atoms with Crippen LogP contribution in [0.1, 0.15) is 52.7 Å². The maximum absolute atomic E-state index is 12.5. The quantitative estimate of drug-likeness (QED) is 0.174. The predicted octanol–water partition coefficient (Wildman–Crippen LogP) is 16.2. The van der Waals surface area contributed by atoms with Gasteiger partial charge in [0.1, 0.15) is 11.6 Å². The molecule has 0 atom stereocenters. The molecule has 0 spiro atoms. The van der Waals surface area contributed by atoms with Crippen LogP contribution in [0.5, 0.6) is 5.75 Å². The van der Waals surface area contributed by atoms with Gasteiger partial charge in [-0.05, 0) is 111 Å². The number of aromatic nitrogens is 4. The van der Waals surface area contributed by atoms with Gasteiger partial charge in [-0.15, -0.1) is 0 Å². The number of nitrogens with zero attached hydrogens (tertiary/aromatic N) is 4. The second kappa shape index (κ2) is 16.1. The van der Waals surface area contributed by atoms with E-state index in [4.69, 9.17) is 9.97 Å². The Bertz CT molecular complexity index is 3640. The van der Waals surface area contributed by atoms with E-state index in [2.05, 4.69) is 227 Å². The molecule has 11 aromatic rings. The molecular formula is C62H52N4O. The first-order chi connectivity index (χ1) is 32.4. The summed E-state index contributed by atoms with van der Waals surface area (Å²) >= 11 is 0. The van der Waals surface area contributed by atoms with Crippen molar-refractivity contribution in [2.24, 2.45) is 0 Å². The van der Waals surface area contributed by atoms with Gasteiger partial charge in [0.25, 0.3) is 0 Å². The lowest BCUT2D eigenvalue weighted by atomic mass is 9.83. The minimum atomic E-state index is -0.153. The predicted molar refractivity (Wildman–Crippen MR) is 279 cm³/mol. The molecule has 11 rings (SSSR count). The molecule has 0 bridgehead atoms. The summed E-state index contributed by atoms with van der Waals surface area (Å²) in [6.45, 7) is 13.6. The normalized spacial score (nSPS) is 12.1. The number of fused-ring (bicyclic) bond motifs is 4. The van der Waals surface area contributed by atoms with E-state index in [1.165, 1.54) is 11.1 Å². The largest absolute Gasteiger partial charge is 0.507 e. The third kappa shape index (κ3) is 7.47. The Hall–Kier alpha value is -8.02. The van der Waals surface area contributed by atoms with E-state index in [0.29, 0.717) is 11.4 Å². The summed E-state index contributed by atoms with van der Waals surface area (Å²) in [5.74, 6) is 0.808. The molecule has 0 aliphatic rings. The number of rotatable bonds is 7. The van der Waals surface area contributed by atoms with E-state index < -0.39 is 0 Å². The molecule has 326 valence electrons. The standard InChI is InChI=1S/C62H52N4O/c1-61(2,3)45-29-30-55(50(37-45)41-21-12-8-13-22-41)66-56-28-18-26-48(43-33-44(35-46(34-43)62(4,5)6)53-36-42(31-32-63-53)40-19-10-7-11-20-40)59(56)64-60(66)52-38-51-49-25-16-17-27-54(49)65(57(51)39-58(52)67)47-23-14-9-15-24-47/h7-39,67H,1-6H3. The minimum Gasteiger partial charge on any atom is -0.507 e. The molecule has 0 unspecified atom stereocenters. The fraction of sp³-hybridized carbons (Fsp3) is 0.129. The van der Waals surface area contributed by atoms with Crippen LogP contribution in [0, 0.1) is 0 Å². The molecule has 3 heterocycles. The highest BCUT2D eigenvalue weighted by molar-refractivity contribution is 6.11. The highest BCUT2D eigenvalue weighted by Crippen LogP contribution is 2.45. The average molecular weight is 869 g/mol. The number of phenols is 1. The van der Waals surface area contributed by atoms with E-state index in [9.17, 15) is 5.11 Å². The number of imidazole rings is 1. The molecule has 0 amide bonds. The van der Waals surface area contributed by atoms with Gasteiger partial charge in [-0.25, -0.2) is 4.98 Å². The highest BCUT2D eigenvalue weighted by atomic mass is 16.3. The topological polar surface area (TPSA) is 55.9 Å². The van der Waals surface area contributed by atoms with E-state index in [-0.39, 0.29) is 16.6 Å². The van der Waals surface area contributed by atoms with Gasteiger partial charge in [0.05, 0.1) is 39.0 Å². The molecule has 0 aliphatic carbocycles. The maximum Gasteiger partial charge on any atom is 0.149 e. The van der Waals surface area contributed by atoms with Crippen molar-refractivity contribution in [3.8, 4) is 73.2 Å². The molecule has 0 aliphatic heterocycles. The second-order valence-electron chi connectivity index (χ2n) is 19.7. The van der Waals surface area contributed by atoms with Crippen LogP contribution in [0.3, 0.4) is 0 Å². The molecule has 3 aromatic heterocycles. The van der Waals surface area contributed by atoms with Crippen LogP contribution >= 0.6 is 0 Å². The summed E-state index contributed by atoms with van der Waals surface area (Å²) in [4.78, 5) is 10.6. The van der Waals surface area contributed by atoms with E-state index in [0.717, 1.165) is 88.9 Å². The van der Waals surface area contributed by atoms with Crippen LogP contribution in [0.15, 0.2) is 200 Å². The summed E-state index contributed by atoms with van der Waals surface area (Å²) in [7, 11) is 0. The number of hydrogen-bond donors (Lipinski definition) is 1. The van der Waals surface area contributed by atoms with Crippen molar-refractivity contribution >= 4 is 32.8 Å². The van der Waals surface area contributed by atoms with Gasteiger partial charge in [0.2, 0.25) is 0 Å². The van der Waals surface area contributed by atoms with Crippen molar-refractivity contribution in [2.45, 2.75) is 52.4 Å². The highest BCUT2D eigenvalue weighted by Gasteiger charge is 2.26. The van der Waals surface area contributed by atoms with Crippen LogP contribution in [0.2, 0.25) is 0 Å². The monoisotopic (exact) mass is 868 g/mol. The Balaban J connectivity index is 1.20. The third-order valence-corrected chi connectivity index (χ3v) is 13.2. The first-order valence-corrected chi connectivity index (χ1v) is 23.1. The lowest BCUT2D eigenvalue weighted by Gasteiger charge is -2.23. The number of pyridine rings is 1. The van der Waals surface area contributed by atoms with Crippen LogP contribution in [-0.4, -0.2) is 24.2 Å². The fourth-order valence-corrected chi connectivity index (χ4v) is 9.60. The first kappa shape index (κ1) is 41.7. The Labute approximate surface area is 392 Å². The Morgan fingerprint density at radius 3 is 1.81 bits per heavy atom. The number of aromatic hydroxyl groups is 1. The van der Waals surface area contributed by atoms with Gasteiger partial charge < -0.3 is 9.67 Å². The Morgan fingerprint density at radius 2 is 1.07 bits per heavy atom. The fourth-order valence-electron chi connectivity index (χ4n) is 9.60. The average Bonchev–Trinajstić information content (AvgIpc) is 3.89. The molecule has 0 saturated carbocycles. The van der Waals surface area contributed by atoms with Crippen molar-refractivity contribution in [3.63, 3.8) is 0 Å². The molecular weight excluding hydrogens is 817 g/mol. The van der Waals surface area contributed by atoms with Crippen LogP contribution < -0.4 is 0 Å². The molecule has 5 heteroatoms. The lowest BCUT2D eigenvalue weighted by Crippen LogP contribution is -2.12. The summed E-state index contributed by atoms with van der Waals surface area (Å²) in [5, 5.41) is 14.6. The first-order valence-electron chi connectivity index (χ1n) is 23.1. The third-order valence-electron chi connectivity index (χ3n) is 13.2. The van der Waals surface area contributed by atoms with Crippen molar-refractivity contribution in [2.75, 3.05) is 0 Å². The van der Waals surface area contributed by atoms with Crippen LogP contribution in [0.25, 0.3) is 100 Å². The van der Waals surface area contributed by atoms with Gasteiger partial charge in [-0.3, -0.25) is 9.55 Å². The molecule has 67 heavy (non-hydrogen) atoms. The molecule has 8 aromatic carbocycles. The smallest absolute Gasteiger partial charge is 0.149 e. The summed E-state index contributed by atoms with van der Waals surface area (Å²) in [6, 6.07) is 68.4. The van der Waals surface area contributed by atoms with Gasteiger partial charge in [0, 0.05) is 45.4 Å². The van der Waals surface area contributed by atoms with Crippen molar-refractivity contribution in [3.05, 3.63) is 211 Å². The maximum atomic E-state index is 12.5. The molecule has 5 nitrogen and oxygen atoms in total. The lowest BCUT2D eigenvalue weighted by molar-refractivity contribution is 0.477. The summed E-state index contributed by atoms with van der Waals surface area (Å²) in [5.41, 5.74) is 17.1. The zero-order valence-corrected chi connectivity index (χ0v) is 38.8. The van der Waals surface area contributed by atoms with Gasteiger partial charge in [0.15, 0.2) is 0 Å². The van der Waals surface area contributed by atoms with Gasteiger partial charge in [-0.1, -0.05) is 163 Å². The number of para-hydroxylation sites is 3. The van der Waals surface area contributed by atoms with Crippen molar-refractivity contribution < 1.29 is 5.11 Å². The SMILES string of the molecule is CC(C)(C)c1cc(-c2cc(-c3ccccc3)ccn2)cc(-c2cccc3c2nc(-c2cc4c5ccccc5n(-c5ccccc5)c4cc2O)n3-c2ccc(C(C)(C)C)cc2-c2ccccc2)c1. The second-order valence-corrected chi connectivity index (χ2v) is 19.7. The number of hydrogen-bond acceptors (Lipinski definition) is 3. The van der Waals surface area contributed by atoms with Crippen LogP contribution in [-0.2, 0) is 10.8 Å². The van der Waals surface area contributed by atoms with E-state index >= 15 is 0 Å². The molecule has 0 radical (unpaired) electrons. The van der Waals surface area contributed by atoms with E-state index in [1.807, 2.05) is 24.4 Å². The number of phenolic OH excluding ortho intramolecular Hbond substituents is 1. The van der Waals surface area contributed by atoms with Crippen molar-refractivity contribution in [1.29, 1.82) is 0 Å². The molecule has 0 fully saturated rings.